The van der Waals surface area contributed by atoms with Gasteiger partial charge in [0.25, 0.3) is 0 Å². The molecule has 2 unspecified atom stereocenters. The molecule has 1 saturated heterocycles. The molecule has 1 aliphatic heterocycles. The molecule has 19 heavy (non-hydrogen) atoms. The lowest BCUT2D eigenvalue weighted by Gasteiger charge is -2.38. The standard InChI is InChI=1S/C13H22N4OS/c1-8-12(19-10(3)16-8)9(2)17-6-5-15-7-11(17)13(18)14-4/h9,11,15H,5-7H2,1-4H3,(H,14,18). The van der Waals surface area contributed by atoms with Crippen molar-refractivity contribution in [2.45, 2.75) is 32.9 Å². The summed E-state index contributed by atoms with van der Waals surface area (Å²) in [7, 11) is 1.70. The molecule has 0 radical (unpaired) electrons. The highest BCUT2D eigenvalue weighted by Crippen LogP contribution is 2.30. The summed E-state index contributed by atoms with van der Waals surface area (Å²) in [5.74, 6) is 0.0814. The molecule has 1 aromatic rings. The van der Waals surface area contributed by atoms with Gasteiger partial charge < -0.3 is 10.6 Å². The maximum Gasteiger partial charge on any atom is 0.238 e. The monoisotopic (exact) mass is 282 g/mol. The number of aryl methyl sites for hydroxylation is 2. The Hall–Kier alpha value is -0.980. The average molecular weight is 282 g/mol. The predicted molar refractivity (Wildman–Crippen MR) is 77.4 cm³/mol. The second-order valence-electron chi connectivity index (χ2n) is 4.93. The molecule has 1 fully saturated rings. The zero-order valence-corrected chi connectivity index (χ0v) is 12.8. The van der Waals surface area contributed by atoms with Gasteiger partial charge in [-0.1, -0.05) is 0 Å². The summed E-state index contributed by atoms with van der Waals surface area (Å²) in [5, 5.41) is 7.14. The van der Waals surface area contributed by atoms with Gasteiger partial charge in [-0.05, 0) is 20.8 Å². The van der Waals surface area contributed by atoms with E-state index in [1.165, 1.54) is 4.88 Å². The van der Waals surface area contributed by atoms with Crippen molar-refractivity contribution in [1.29, 1.82) is 0 Å². The number of amides is 1. The molecule has 6 heteroatoms. The van der Waals surface area contributed by atoms with Crippen LogP contribution in [-0.2, 0) is 4.79 Å². The molecule has 2 rings (SSSR count). The van der Waals surface area contributed by atoms with Crippen LogP contribution in [0, 0.1) is 13.8 Å². The molecule has 0 aliphatic carbocycles. The summed E-state index contributed by atoms with van der Waals surface area (Å²) in [6, 6.07) is 0.131. The molecular formula is C13H22N4OS. The minimum atomic E-state index is -0.101. The number of carbonyl (C=O) groups is 1. The van der Waals surface area contributed by atoms with Gasteiger partial charge >= 0.3 is 0 Å². The van der Waals surface area contributed by atoms with Crippen LogP contribution < -0.4 is 10.6 Å². The number of hydrogen-bond acceptors (Lipinski definition) is 5. The number of carbonyl (C=O) groups excluding carboxylic acids is 1. The Morgan fingerprint density at radius 3 is 2.89 bits per heavy atom. The number of aromatic nitrogens is 1. The van der Waals surface area contributed by atoms with E-state index in [2.05, 4.69) is 27.4 Å². The van der Waals surface area contributed by atoms with Gasteiger partial charge in [0.15, 0.2) is 0 Å². The van der Waals surface area contributed by atoms with Crippen LogP contribution in [0.1, 0.15) is 28.5 Å². The smallest absolute Gasteiger partial charge is 0.238 e. The Kier molecular flexibility index (Phi) is 4.54. The van der Waals surface area contributed by atoms with Gasteiger partial charge in [0.1, 0.15) is 6.04 Å². The molecular weight excluding hydrogens is 260 g/mol. The first-order valence-electron chi connectivity index (χ1n) is 6.66. The van der Waals surface area contributed by atoms with E-state index in [4.69, 9.17) is 0 Å². The summed E-state index contributed by atoms with van der Waals surface area (Å²) >= 11 is 1.73. The fourth-order valence-electron chi connectivity index (χ4n) is 2.68. The third-order valence-electron chi connectivity index (χ3n) is 3.65. The van der Waals surface area contributed by atoms with Gasteiger partial charge in [-0.2, -0.15) is 0 Å². The second kappa shape index (κ2) is 5.98. The summed E-state index contributed by atoms with van der Waals surface area (Å²) in [5.41, 5.74) is 1.09. The van der Waals surface area contributed by atoms with Crippen molar-refractivity contribution in [3.8, 4) is 0 Å². The SMILES string of the molecule is CNC(=O)C1CNCCN1C(C)c1sc(C)nc1C. The molecule has 5 nitrogen and oxygen atoms in total. The molecule has 0 bridgehead atoms. The highest BCUT2D eigenvalue weighted by molar-refractivity contribution is 7.11. The fraction of sp³-hybridized carbons (Fsp3) is 0.692. The maximum atomic E-state index is 12.0. The van der Waals surface area contributed by atoms with Gasteiger partial charge in [-0.3, -0.25) is 9.69 Å². The van der Waals surface area contributed by atoms with E-state index in [0.717, 1.165) is 23.8 Å². The normalized spacial score (nSPS) is 22.2. The minimum absolute atomic E-state index is 0.0814. The Morgan fingerprint density at radius 2 is 2.32 bits per heavy atom. The van der Waals surface area contributed by atoms with Crippen molar-refractivity contribution in [1.82, 2.24) is 20.5 Å². The summed E-state index contributed by atoms with van der Waals surface area (Å²) in [4.78, 5) is 20.0. The molecule has 2 N–H and O–H groups in total. The van der Waals surface area contributed by atoms with E-state index in [0.29, 0.717) is 6.54 Å². The third-order valence-corrected chi connectivity index (χ3v) is 4.89. The molecule has 0 spiro atoms. The number of rotatable bonds is 3. The number of hydrogen-bond donors (Lipinski definition) is 2. The highest BCUT2D eigenvalue weighted by atomic mass is 32.1. The molecule has 106 valence electrons. The predicted octanol–water partition coefficient (Wildman–Crippen LogP) is 0.841. The fourth-order valence-corrected chi connectivity index (χ4v) is 3.68. The van der Waals surface area contributed by atoms with Crippen LogP contribution in [0.5, 0.6) is 0 Å². The van der Waals surface area contributed by atoms with E-state index in [-0.39, 0.29) is 18.0 Å². The van der Waals surface area contributed by atoms with Crippen LogP contribution >= 0.6 is 11.3 Å². The Balaban J connectivity index is 2.22. The summed E-state index contributed by atoms with van der Waals surface area (Å²) in [6.07, 6.45) is 0. The molecule has 2 heterocycles. The minimum Gasteiger partial charge on any atom is -0.358 e. The largest absolute Gasteiger partial charge is 0.358 e. The van der Waals surface area contributed by atoms with Gasteiger partial charge in [-0.25, -0.2) is 4.98 Å². The van der Waals surface area contributed by atoms with Gasteiger partial charge in [-0.15, -0.1) is 11.3 Å². The lowest BCUT2D eigenvalue weighted by atomic mass is 10.1. The summed E-state index contributed by atoms with van der Waals surface area (Å²) in [6.45, 7) is 8.76. The lowest BCUT2D eigenvalue weighted by Crippen LogP contribution is -2.57. The number of piperazine rings is 1. The maximum absolute atomic E-state index is 12.0. The van der Waals surface area contributed by atoms with Crippen molar-refractivity contribution < 1.29 is 4.79 Å². The van der Waals surface area contributed by atoms with Gasteiger partial charge in [0.05, 0.1) is 10.7 Å². The zero-order chi connectivity index (χ0) is 14.0. The van der Waals surface area contributed by atoms with Crippen molar-refractivity contribution in [2.75, 3.05) is 26.7 Å². The van der Waals surface area contributed by atoms with Crippen LogP contribution in [0.15, 0.2) is 0 Å². The van der Waals surface area contributed by atoms with E-state index in [9.17, 15) is 4.79 Å². The lowest BCUT2D eigenvalue weighted by molar-refractivity contribution is -0.127. The van der Waals surface area contributed by atoms with E-state index in [1.807, 2.05) is 13.8 Å². The Bertz CT molecular complexity index is 459. The molecule has 1 aliphatic rings. The topological polar surface area (TPSA) is 57.3 Å². The molecule has 1 aromatic heterocycles. The van der Waals surface area contributed by atoms with E-state index in [1.54, 1.807) is 18.4 Å². The number of nitrogens with one attached hydrogen (secondary N) is 2. The quantitative estimate of drug-likeness (QED) is 0.862. The number of nitrogens with zero attached hydrogens (tertiary/aromatic N) is 2. The van der Waals surface area contributed by atoms with E-state index < -0.39 is 0 Å². The van der Waals surface area contributed by atoms with Crippen molar-refractivity contribution in [2.24, 2.45) is 0 Å². The van der Waals surface area contributed by atoms with Crippen LogP contribution in [0.25, 0.3) is 0 Å². The second-order valence-corrected chi connectivity index (χ2v) is 6.17. The summed E-state index contributed by atoms with van der Waals surface area (Å²) < 4.78 is 0. The van der Waals surface area contributed by atoms with Crippen molar-refractivity contribution in [3.05, 3.63) is 15.6 Å². The van der Waals surface area contributed by atoms with Crippen molar-refractivity contribution >= 4 is 17.2 Å². The highest BCUT2D eigenvalue weighted by Gasteiger charge is 2.33. The molecule has 0 saturated carbocycles. The first kappa shape index (κ1) is 14.4. The average Bonchev–Trinajstić information content (AvgIpc) is 2.76. The first-order chi connectivity index (χ1) is 9.04. The van der Waals surface area contributed by atoms with Crippen LogP contribution in [0.3, 0.4) is 0 Å². The van der Waals surface area contributed by atoms with E-state index >= 15 is 0 Å². The number of thiazole rings is 1. The van der Waals surface area contributed by atoms with Gasteiger partial charge in [0.2, 0.25) is 5.91 Å². The van der Waals surface area contributed by atoms with Crippen LogP contribution in [0.2, 0.25) is 0 Å². The molecule has 0 aromatic carbocycles. The third kappa shape index (κ3) is 2.96. The first-order valence-corrected chi connectivity index (χ1v) is 7.48. The molecule has 2 atom stereocenters. The molecule has 1 amide bonds. The van der Waals surface area contributed by atoms with Crippen LogP contribution in [-0.4, -0.2) is 48.5 Å². The van der Waals surface area contributed by atoms with Gasteiger partial charge in [0, 0.05) is 37.6 Å². The van der Waals surface area contributed by atoms with Crippen molar-refractivity contribution in [3.63, 3.8) is 0 Å². The Labute approximate surface area is 118 Å². The Morgan fingerprint density at radius 1 is 1.58 bits per heavy atom. The van der Waals surface area contributed by atoms with Crippen LogP contribution in [0.4, 0.5) is 0 Å². The zero-order valence-electron chi connectivity index (χ0n) is 12.0. The number of likely N-dealkylation sites (N-methyl/N-ethyl adjacent to an activating group) is 1.